The summed E-state index contributed by atoms with van der Waals surface area (Å²) in [6.45, 7) is 11.0. The van der Waals surface area contributed by atoms with Crippen LogP contribution in [0.15, 0.2) is 30.3 Å². The second kappa shape index (κ2) is 11.7. The Balaban J connectivity index is 1.32. The molecule has 0 spiro atoms. The van der Waals surface area contributed by atoms with E-state index in [1.807, 2.05) is 12.1 Å². The van der Waals surface area contributed by atoms with E-state index >= 15 is 0 Å². The van der Waals surface area contributed by atoms with Crippen LogP contribution in [0.3, 0.4) is 0 Å². The first kappa shape index (κ1) is 26.4. The highest BCUT2D eigenvalue weighted by atomic mass is 35.5. The summed E-state index contributed by atoms with van der Waals surface area (Å²) >= 11 is 11.9. The van der Waals surface area contributed by atoms with Crippen LogP contribution in [-0.2, 0) is 10.2 Å². The Kier molecular flexibility index (Phi) is 8.37. The largest absolute Gasteiger partial charge is 0.381 e. The molecule has 0 bridgehead atoms. The van der Waals surface area contributed by atoms with Crippen molar-refractivity contribution >= 4 is 46.5 Å². The van der Waals surface area contributed by atoms with Crippen molar-refractivity contribution in [2.45, 2.75) is 51.4 Å². The molecule has 0 saturated carbocycles. The average Bonchev–Trinajstić information content (AvgIpc) is 3.43. The molecule has 2 atom stereocenters. The number of halogens is 1. The minimum Gasteiger partial charge on any atom is -0.381 e. The van der Waals surface area contributed by atoms with Gasteiger partial charge in [-0.1, -0.05) is 37.6 Å². The molecule has 37 heavy (non-hydrogen) atoms. The predicted octanol–water partition coefficient (Wildman–Crippen LogP) is 5.25. The van der Waals surface area contributed by atoms with Crippen LogP contribution in [0.4, 0.5) is 17.6 Å². The lowest BCUT2D eigenvalue weighted by atomic mass is 9.74. The molecule has 3 aliphatic heterocycles. The number of aromatic nitrogens is 2. The van der Waals surface area contributed by atoms with Crippen molar-refractivity contribution in [1.82, 2.24) is 15.3 Å². The highest BCUT2D eigenvalue weighted by molar-refractivity contribution is 7.80. The van der Waals surface area contributed by atoms with Crippen LogP contribution < -0.4 is 20.4 Å². The summed E-state index contributed by atoms with van der Waals surface area (Å²) in [4.78, 5) is 14.6. The van der Waals surface area contributed by atoms with Gasteiger partial charge in [0.2, 0.25) is 5.95 Å². The Morgan fingerprint density at radius 1 is 1.03 bits per heavy atom. The molecule has 5 rings (SSSR count). The summed E-state index contributed by atoms with van der Waals surface area (Å²) in [7, 11) is 0. The second-order valence-electron chi connectivity index (χ2n) is 11.2. The Hall–Kier alpha value is -2.16. The normalized spacial score (nSPS) is 23.6. The second-order valence-corrected chi connectivity index (χ2v) is 12.0. The van der Waals surface area contributed by atoms with Gasteiger partial charge >= 0.3 is 0 Å². The van der Waals surface area contributed by atoms with E-state index in [9.17, 15) is 0 Å². The molecule has 0 radical (unpaired) electrons. The van der Waals surface area contributed by atoms with E-state index in [4.69, 9.17) is 38.5 Å². The van der Waals surface area contributed by atoms with Crippen LogP contribution in [0.5, 0.6) is 0 Å². The monoisotopic (exact) mass is 542 g/mol. The summed E-state index contributed by atoms with van der Waals surface area (Å²) in [6.07, 6.45) is 5.54. The number of anilines is 3. The molecule has 200 valence electrons. The fourth-order valence-electron chi connectivity index (χ4n) is 6.13. The summed E-state index contributed by atoms with van der Waals surface area (Å²) < 4.78 is 5.69. The zero-order valence-electron chi connectivity index (χ0n) is 22.0. The molecule has 0 amide bonds. The zero-order chi connectivity index (χ0) is 25.8. The number of benzene rings is 1. The van der Waals surface area contributed by atoms with Gasteiger partial charge in [0.1, 0.15) is 11.6 Å². The standard InChI is InChI=1S/C28H39ClN6OS/c1-20-15-21(2)18-35(17-20)25-16-24(34-11-3-4-12-34)31-26(32-25)33-27(37)30-19-28(9-13-36-14-10-28)22-5-7-23(29)8-6-22/h5-8,16,20-21H,3-4,9-15,17-19H2,1-2H3,(H2,30,31,32,33,37)/t20-,21+. The molecule has 7 nitrogen and oxygen atoms in total. The lowest BCUT2D eigenvalue weighted by Crippen LogP contribution is -2.45. The zero-order valence-corrected chi connectivity index (χ0v) is 23.6. The summed E-state index contributed by atoms with van der Waals surface area (Å²) in [5, 5.41) is 8.09. The fourth-order valence-corrected chi connectivity index (χ4v) is 6.42. The molecular formula is C28H39ClN6OS. The highest BCUT2D eigenvalue weighted by Gasteiger charge is 2.34. The molecule has 3 saturated heterocycles. The van der Waals surface area contributed by atoms with Gasteiger partial charge in [0.15, 0.2) is 5.11 Å². The lowest BCUT2D eigenvalue weighted by Gasteiger charge is -2.38. The Bertz CT molecular complexity index is 1060. The third kappa shape index (κ3) is 6.47. The van der Waals surface area contributed by atoms with Gasteiger partial charge in [0, 0.05) is 62.4 Å². The van der Waals surface area contributed by atoms with Gasteiger partial charge in [-0.2, -0.15) is 9.97 Å². The van der Waals surface area contributed by atoms with Crippen molar-refractivity contribution in [2.24, 2.45) is 11.8 Å². The van der Waals surface area contributed by atoms with E-state index in [2.05, 4.69) is 52.5 Å². The number of thiocarbonyl (C=S) groups is 1. The van der Waals surface area contributed by atoms with E-state index < -0.39 is 0 Å². The highest BCUT2D eigenvalue weighted by Crippen LogP contribution is 2.35. The molecule has 3 aliphatic rings. The molecule has 1 aromatic heterocycles. The quantitative estimate of drug-likeness (QED) is 0.480. The summed E-state index contributed by atoms with van der Waals surface area (Å²) in [5.74, 6) is 3.84. The number of hydrogen-bond donors (Lipinski definition) is 2. The fraction of sp³-hybridized carbons (Fsp3) is 0.607. The number of rotatable bonds is 6. The predicted molar refractivity (Wildman–Crippen MR) is 156 cm³/mol. The van der Waals surface area contributed by atoms with E-state index in [0.29, 0.717) is 29.4 Å². The van der Waals surface area contributed by atoms with Crippen LogP contribution in [0.2, 0.25) is 5.02 Å². The maximum absolute atomic E-state index is 6.17. The van der Waals surface area contributed by atoms with Gasteiger partial charge in [-0.3, -0.25) is 0 Å². The van der Waals surface area contributed by atoms with Crippen molar-refractivity contribution < 1.29 is 4.74 Å². The maximum atomic E-state index is 6.17. The Morgan fingerprint density at radius 3 is 2.30 bits per heavy atom. The molecule has 0 aliphatic carbocycles. The minimum absolute atomic E-state index is 0.0575. The van der Waals surface area contributed by atoms with Crippen LogP contribution in [0.1, 0.15) is 51.5 Å². The van der Waals surface area contributed by atoms with E-state index in [0.717, 1.165) is 68.9 Å². The number of hydrogen-bond acceptors (Lipinski definition) is 6. The van der Waals surface area contributed by atoms with Gasteiger partial charge in [-0.05, 0) is 73.9 Å². The van der Waals surface area contributed by atoms with Gasteiger partial charge in [-0.25, -0.2) is 0 Å². The Morgan fingerprint density at radius 2 is 1.65 bits per heavy atom. The topological polar surface area (TPSA) is 65.5 Å². The third-order valence-corrected chi connectivity index (χ3v) is 8.54. The smallest absolute Gasteiger partial charge is 0.232 e. The van der Waals surface area contributed by atoms with Crippen molar-refractivity contribution in [1.29, 1.82) is 0 Å². The van der Waals surface area contributed by atoms with E-state index in [-0.39, 0.29) is 5.41 Å². The van der Waals surface area contributed by atoms with E-state index in [1.54, 1.807) is 0 Å². The molecule has 2 aromatic rings. The molecule has 0 unspecified atom stereocenters. The first-order valence-corrected chi connectivity index (χ1v) is 14.5. The van der Waals surface area contributed by atoms with Crippen molar-refractivity contribution in [3.8, 4) is 0 Å². The molecule has 1 aromatic carbocycles. The summed E-state index contributed by atoms with van der Waals surface area (Å²) in [6, 6.07) is 10.3. The van der Waals surface area contributed by atoms with Crippen molar-refractivity contribution in [3.05, 3.63) is 40.9 Å². The number of nitrogens with zero attached hydrogens (tertiary/aromatic N) is 4. The number of nitrogens with one attached hydrogen (secondary N) is 2. The minimum atomic E-state index is -0.0575. The third-order valence-electron chi connectivity index (χ3n) is 8.04. The van der Waals surface area contributed by atoms with Crippen LogP contribution >= 0.6 is 23.8 Å². The first-order valence-electron chi connectivity index (χ1n) is 13.7. The van der Waals surface area contributed by atoms with Crippen LogP contribution in [-0.4, -0.2) is 61.0 Å². The number of piperidine rings is 1. The van der Waals surface area contributed by atoms with Gasteiger partial charge < -0.3 is 25.2 Å². The average molecular weight is 543 g/mol. The first-order chi connectivity index (χ1) is 17.9. The summed E-state index contributed by atoms with van der Waals surface area (Å²) in [5.41, 5.74) is 1.20. The molecule has 2 N–H and O–H groups in total. The molecule has 9 heteroatoms. The van der Waals surface area contributed by atoms with Gasteiger partial charge in [-0.15, -0.1) is 0 Å². The van der Waals surface area contributed by atoms with Gasteiger partial charge in [0.05, 0.1) is 0 Å². The lowest BCUT2D eigenvalue weighted by molar-refractivity contribution is 0.0515. The Labute approximate surface area is 231 Å². The van der Waals surface area contributed by atoms with Gasteiger partial charge in [0.25, 0.3) is 0 Å². The maximum Gasteiger partial charge on any atom is 0.232 e. The molecule has 4 heterocycles. The van der Waals surface area contributed by atoms with Crippen molar-refractivity contribution in [2.75, 3.05) is 61.1 Å². The van der Waals surface area contributed by atoms with E-state index in [1.165, 1.54) is 24.8 Å². The van der Waals surface area contributed by atoms with Crippen LogP contribution in [0, 0.1) is 11.8 Å². The van der Waals surface area contributed by atoms with Crippen LogP contribution in [0.25, 0.3) is 0 Å². The molecular weight excluding hydrogens is 504 g/mol. The SMILES string of the molecule is C[C@@H]1C[C@H](C)CN(c2cc(N3CCCC3)nc(NC(=S)NCC3(c4ccc(Cl)cc4)CCOCC3)n2)C1. The molecule has 3 fully saturated rings. The van der Waals surface area contributed by atoms with Crippen molar-refractivity contribution in [3.63, 3.8) is 0 Å². The number of ether oxygens (including phenoxy) is 1.